The Labute approximate surface area is 142 Å². The van der Waals surface area contributed by atoms with E-state index in [4.69, 9.17) is 27.9 Å². The summed E-state index contributed by atoms with van der Waals surface area (Å²) in [6.45, 7) is 0. The number of ether oxygens (including phenoxy) is 1. The fraction of sp³-hybridized carbons (Fsp3) is 0.125. The van der Waals surface area contributed by atoms with Gasteiger partial charge in [-0.15, -0.1) is 0 Å². The molecule has 3 rings (SSSR count). The maximum absolute atomic E-state index is 11.6. The van der Waals surface area contributed by atoms with Crippen LogP contribution < -0.4 is 5.32 Å². The number of hydrogen-bond acceptors (Lipinski definition) is 4. The predicted molar refractivity (Wildman–Crippen MR) is 91.8 cm³/mol. The molecule has 0 radical (unpaired) electrons. The first-order valence-corrected chi connectivity index (χ1v) is 7.52. The summed E-state index contributed by atoms with van der Waals surface area (Å²) >= 11 is 12.3. The van der Waals surface area contributed by atoms with E-state index in [1.54, 1.807) is 30.3 Å². The van der Waals surface area contributed by atoms with E-state index in [1.165, 1.54) is 7.11 Å². The molecule has 0 amide bonds. The molecule has 7 heteroatoms. The lowest BCUT2D eigenvalue weighted by atomic mass is 10.2. The van der Waals surface area contributed by atoms with Crippen LogP contribution in [0, 0.1) is 0 Å². The highest BCUT2D eigenvalue weighted by molar-refractivity contribution is 6.39. The average Bonchev–Trinajstić information content (AvgIpc) is 2.86. The topological polar surface area (TPSA) is 56.1 Å². The monoisotopic (exact) mass is 349 g/mol. The highest BCUT2D eigenvalue weighted by Crippen LogP contribution is 2.33. The molecule has 1 aromatic heterocycles. The first-order chi connectivity index (χ1) is 11.0. The van der Waals surface area contributed by atoms with Crippen LogP contribution in [0.4, 0.5) is 11.6 Å². The Kier molecular flexibility index (Phi) is 4.15. The SMILES string of the molecule is COC(=O)c1ccc2c(c1)nc(Nc1c(Cl)cccc1Cl)n2C. The lowest BCUT2D eigenvalue weighted by molar-refractivity contribution is 0.0601. The fourth-order valence-corrected chi connectivity index (χ4v) is 2.78. The Hall–Kier alpha value is -2.24. The molecule has 0 bridgehead atoms. The van der Waals surface area contributed by atoms with E-state index in [2.05, 4.69) is 10.3 Å². The van der Waals surface area contributed by atoms with Crippen LogP contribution in [0.1, 0.15) is 10.4 Å². The van der Waals surface area contributed by atoms with Gasteiger partial charge < -0.3 is 14.6 Å². The molecule has 2 aromatic carbocycles. The number of hydrogen-bond donors (Lipinski definition) is 1. The molecular weight excluding hydrogens is 337 g/mol. The molecule has 0 aliphatic carbocycles. The number of nitrogens with one attached hydrogen (secondary N) is 1. The number of aromatic nitrogens is 2. The van der Waals surface area contributed by atoms with E-state index in [1.807, 2.05) is 17.7 Å². The first kappa shape index (κ1) is 15.6. The molecule has 0 aliphatic heterocycles. The largest absolute Gasteiger partial charge is 0.465 e. The van der Waals surface area contributed by atoms with E-state index in [0.29, 0.717) is 32.8 Å². The number of carbonyl (C=O) groups is 1. The minimum Gasteiger partial charge on any atom is -0.465 e. The number of rotatable bonds is 3. The number of imidazole rings is 1. The fourth-order valence-electron chi connectivity index (χ4n) is 2.29. The predicted octanol–water partition coefficient (Wildman–Crippen LogP) is 4.41. The molecular formula is C16H13Cl2N3O2. The van der Waals surface area contributed by atoms with Crippen molar-refractivity contribution in [3.8, 4) is 0 Å². The van der Waals surface area contributed by atoms with E-state index >= 15 is 0 Å². The first-order valence-electron chi connectivity index (χ1n) is 6.77. The van der Waals surface area contributed by atoms with E-state index in [0.717, 1.165) is 5.52 Å². The summed E-state index contributed by atoms with van der Waals surface area (Å²) in [6.07, 6.45) is 0. The molecule has 0 fully saturated rings. The van der Waals surface area contributed by atoms with Crippen molar-refractivity contribution in [1.29, 1.82) is 0 Å². The van der Waals surface area contributed by atoms with Gasteiger partial charge in [-0.25, -0.2) is 9.78 Å². The Morgan fingerprint density at radius 3 is 2.57 bits per heavy atom. The number of anilines is 2. The zero-order chi connectivity index (χ0) is 16.6. The second-order valence-electron chi connectivity index (χ2n) is 4.91. The Morgan fingerprint density at radius 2 is 1.91 bits per heavy atom. The maximum Gasteiger partial charge on any atom is 0.337 e. The summed E-state index contributed by atoms with van der Waals surface area (Å²) < 4.78 is 6.58. The minimum atomic E-state index is -0.402. The summed E-state index contributed by atoms with van der Waals surface area (Å²) in [5, 5.41) is 4.13. The van der Waals surface area contributed by atoms with Crippen molar-refractivity contribution >= 4 is 51.8 Å². The van der Waals surface area contributed by atoms with Crippen molar-refractivity contribution in [2.75, 3.05) is 12.4 Å². The Bertz CT molecular complexity index is 885. The van der Waals surface area contributed by atoms with E-state index in [-0.39, 0.29) is 0 Å². The summed E-state index contributed by atoms with van der Waals surface area (Å²) in [6, 6.07) is 10.4. The third-order valence-electron chi connectivity index (χ3n) is 3.50. The number of para-hydroxylation sites is 1. The van der Waals surface area contributed by atoms with Gasteiger partial charge in [-0.1, -0.05) is 29.3 Å². The third-order valence-corrected chi connectivity index (χ3v) is 4.13. The van der Waals surface area contributed by atoms with Gasteiger partial charge in [-0.2, -0.15) is 0 Å². The lowest BCUT2D eigenvalue weighted by Crippen LogP contribution is -2.01. The average molecular weight is 350 g/mol. The lowest BCUT2D eigenvalue weighted by Gasteiger charge is -2.09. The molecule has 23 heavy (non-hydrogen) atoms. The molecule has 3 aromatic rings. The van der Waals surface area contributed by atoms with Crippen molar-refractivity contribution in [1.82, 2.24) is 9.55 Å². The van der Waals surface area contributed by atoms with Crippen LogP contribution in [0.3, 0.4) is 0 Å². The molecule has 0 atom stereocenters. The second-order valence-corrected chi connectivity index (χ2v) is 5.73. The van der Waals surface area contributed by atoms with Crippen molar-refractivity contribution in [3.63, 3.8) is 0 Å². The molecule has 0 saturated heterocycles. The van der Waals surface area contributed by atoms with Crippen molar-refractivity contribution in [2.24, 2.45) is 7.05 Å². The Balaban J connectivity index is 2.05. The molecule has 118 valence electrons. The van der Waals surface area contributed by atoms with Gasteiger partial charge in [0.15, 0.2) is 0 Å². The number of carbonyl (C=O) groups excluding carboxylic acids is 1. The van der Waals surface area contributed by atoms with Crippen LogP contribution in [0.25, 0.3) is 11.0 Å². The van der Waals surface area contributed by atoms with Crippen LogP contribution in [-0.4, -0.2) is 22.6 Å². The van der Waals surface area contributed by atoms with E-state index < -0.39 is 5.97 Å². The van der Waals surface area contributed by atoms with Crippen LogP contribution in [0.5, 0.6) is 0 Å². The minimum absolute atomic E-state index is 0.402. The number of aryl methyl sites for hydroxylation is 1. The summed E-state index contributed by atoms with van der Waals surface area (Å²) in [5.41, 5.74) is 2.56. The van der Waals surface area contributed by atoms with Crippen LogP contribution >= 0.6 is 23.2 Å². The summed E-state index contributed by atoms with van der Waals surface area (Å²) in [7, 11) is 3.21. The summed E-state index contributed by atoms with van der Waals surface area (Å²) in [5.74, 6) is 0.165. The molecule has 5 nitrogen and oxygen atoms in total. The molecule has 0 saturated carbocycles. The molecule has 1 heterocycles. The number of esters is 1. The highest BCUT2D eigenvalue weighted by atomic mass is 35.5. The number of methoxy groups -OCH3 is 1. The van der Waals surface area contributed by atoms with Crippen LogP contribution in [-0.2, 0) is 11.8 Å². The van der Waals surface area contributed by atoms with Gasteiger partial charge in [0, 0.05) is 7.05 Å². The smallest absolute Gasteiger partial charge is 0.337 e. The zero-order valence-electron chi connectivity index (χ0n) is 12.4. The highest BCUT2D eigenvalue weighted by Gasteiger charge is 2.14. The van der Waals surface area contributed by atoms with Crippen molar-refractivity contribution in [2.45, 2.75) is 0 Å². The number of nitrogens with zero attached hydrogens (tertiary/aromatic N) is 2. The van der Waals surface area contributed by atoms with Gasteiger partial charge in [-0.3, -0.25) is 0 Å². The standard InChI is InChI=1S/C16H13Cl2N3O2/c1-21-13-7-6-9(15(22)23-2)8-12(13)19-16(21)20-14-10(17)4-3-5-11(14)18/h3-8H,1-2H3,(H,19,20). The number of benzene rings is 2. The van der Waals surface area contributed by atoms with Crippen molar-refractivity contribution in [3.05, 3.63) is 52.0 Å². The van der Waals surface area contributed by atoms with Gasteiger partial charge in [0.05, 0.1) is 39.4 Å². The van der Waals surface area contributed by atoms with Gasteiger partial charge in [0.1, 0.15) is 0 Å². The second kappa shape index (κ2) is 6.10. The van der Waals surface area contributed by atoms with Crippen LogP contribution in [0.15, 0.2) is 36.4 Å². The number of halogens is 2. The number of fused-ring (bicyclic) bond motifs is 1. The molecule has 0 spiro atoms. The molecule has 0 aliphatic rings. The quantitative estimate of drug-likeness (QED) is 0.711. The van der Waals surface area contributed by atoms with Crippen LogP contribution in [0.2, 0.25) is 10.0 Å². The third kappa shape index (κ3) is 2.85. The Morgan fingerprint density at radius 1 is 1.22 bits per heavy atom. The molecule has 1 N–H and O–H groups in total. The van der Waals surface area contributed by atoms with Gasteiger partial charge >= 0.3 is 5.97 Å². The van der Waals surface area contributed by atoms with Gasteiger partial charge in [-0.05, 0) is 30.3 Å². The normalized spacial score (nSPS) is 10.8. The maximum atomic E-state index is 11.6. The summed E-state index contributed by atoms with van der Waals surface area (Å²) in [4.78, 5) is 16.1. The van der Waals surface area contributed by atoms with E-state index in [9.17, 15) is 4.79 Å². The van der Waals surface area contributed by atoms with Gasteiger partial charge in [0.2, 0.25) is 5.95 Å². The molecule has 0 unspecified atom stereocenters. The zero-order valence-corrected chi connectivity index (χ0v) is 13.9. The van der Waals surface area contributed by atoms with Gasteiger partial charge in [0.25, 0.3) is 0 Å². The van der Waals surface area contributed by atoms with Crippen molar-refractivity contribution < 1.29 is 9.53 Å².